The van der Waals surface area contributed by atoms with Gasteiger partial charge in [0.2, 0.25) is 0 Å². The molecule has 0 aromatic carbocycles. The molecule has 1 aromatic rings. The van der Waals surface area contributed by atoms with Gasteiger partial charge in [-0.1, -0.05) is 0 Å². The molecule has 1 aromatic heterocycles. The fourth-order valence-electron chi connectivity index (χ4n) is 1.19. The van der Waals surface area contributed by atoms with Crippen molar-refractivity contribution in [1.29, 1.82) is 0 Å². The zero-order chi connectivity index (χ0) is 7.73. The van der Waals surface area contributed by atoms with Gasteiger partial charge in [-0.05, 0) is 12.1 Å². The van der Waals surface area contributed by atoms with E-state index in [-0.39, 0.29) is 5.60 Å². The molecular formula is C8H10O3. The maximum atomic E-state index is 5.30. The van der Waals surface area contributed by atoms with Gasteiger partial charge < -0.3 is 13.9 Å². The molecule has 0 radical (unpaired) electrons. The third-order valence-electron chi connectivity index (χ3n) is 2.03. The fraction of sp³-hybridized carbons (Fsp3) is 0.500. The first-order chi connectivity index (χ1) is 5.37. The smallest absolute Gasteiger partial charge is 0.171 e. The van der Waals surface area contributed by atoms with Crippen LogP contribution in [0.5, 0.6) is 0 Å². The van der Waals surface area contributed by atoms with E-state index < -0.39 is 0 Å². The third kappa shape index (κ3) is 0.886. The summed E-state index contributed by atoms with van der Waals surface area (Å²) >= 11 is 0. The van der Waals surface area contributed by atoms with E-state index in [0.717, 1.165) is 5.76 Å². The van der Waals surface area contributed by atoms with Crippen LogP contribution in [-0.4, -0.2) is 20.3 Å². The van der Waals surface area contributed by atoms with E-state index in [9.17, 15) is 0 Å². The van der Waals surface area contributed by atoms with Crippen molar-refractivity contribution in [2.24, 2.45) is 0 Å². The molecule has 3 heteroatoms. The lowest BCUT2D eigenvalue weighted by Crippen LogP contribution is -2.47. The van der Waals surface area contributed by atoms with Crippen molar-refractivity contribution in [2.75, 3.05) is 20.3 Å². The predicted molar refractivity (Wildman–Crippen MR) is 38.2 cm³/mol. The number of rotatable bonds is 2. The standard InChI is InChI=1S/C8H10O3/c1-9-8(5-10-6-8)7-3-2-4-11-7/h2-4H,5-6H2,1H3. The molecule has 0 saturated carbocycles. The van der Waals surface area contributed by atoms with Crippen LogP contribution in [0.15, 0.2) is 22.8 Å². The van der Waals surface area contributed by atoms with Gasteiger partial charge in [-0.25, -0.2) is 0 Å². The van der Waals surface area contributed by atoms with Gasteiger partial charge in [0.1, 0.15) is 5.76 Å². The van der Waals surface area contributed by atoms with Crippen molar-refractivity contribution in [2.45, 2.75) is 5.60 Å². The maximum absolute atomic E-state index is 5.30. The van der Waals surface area contributed by atoms with Crippen LogP contribution in [-0.2, 0) is 15.1 Å². The normalized spacial score (nSPS) is 21.2. The lowest BCUT2D eigenvalue weighted by Gasteiger charge is -2.37. The highest BCUT2D eigenvalue weighted by Crippen LogP contribution is 2.32. The quantitative estimate of drug-likeness (QED) is 0.640. The van der Waals surface area contributed by atoms with Crippen LogP contribution in [0.25, 0.3) is 0 Å². The summed E-state index contributed by atoms with van der Waals surface area (Å²) in [6.45, 7) is 1.19. The van der Waals surface area contributed by atoms with E-state index in [1.165, 1.54) is 0 Å². The monoisotopic (exact) mass is 154 g/mol. The largest absolute Gasteiger partial charge is 0.466 e. The number of hydrogen-bond acceptors (Lipinski definition) is 3. The van der Waals surface area contributed by atoms with Crippen LogP contribution in [0.4, 0.5) is 0 Å². The Morgan fingerprint density at radius 2 is 2.36 bits per heavy atom. The second-order valence-corrected chi connectivity index (χ2v) is 2.67. The summed E-state index contributed by atoms with van der Waals surface area (Å²) in [6, 6.07) is 3.76. The van der Waals surface area contributed by atoms with Gasteiger partial charge in [-0.15, -0.1) is 0 Å². The van der Waals surface area contributed by atoms with Crippen LogP contribution in [0.1, 0.15) is 5.76 Å². The Kier molecular flexibility index (Phi) is 1.47. The molecule has 60 valence electrons. The van der Waals surface area contributed by atoms with Gasteiger partial charge in [-0.3, -0.25) is 0 Å². The Bertz CT molecular complexity index is 218. The van der Waals surface area contributed by atoms with Crippen LogP contribution in [0, 0.1) is 0 Å². The third-order valence-corrected chi connectivity index (χ3v) is 2.03. The Hall–Kier alpha value is -0.800. The summed E-state index contributed by atoms with van der Waals surface area (Å²) in [5.74, 6) is 0.853. The topological polar surface area (TPSA) is 31.6 Å². The van der Waals surface area contributed by atoms with Crippen molar-refractivity contribution in [3.8, 4) is 0 Å². The molecule has 1 saturated heterocycles. The van der Waals surface area contributed by atoms with Crippen molar-refractivity contribution < 1.29 is 13.9 Å². The molecule has 0 aliphatic carbocycles. The first-order valence-corrected chi connectivity index (χ1v) is 3.54. The molecule has 0 atom stereocenters. The summed E-state index contributed by atoms with van der Waals surface area (Å²) in [7, 11) is 1.67. The molecule has 0 N–H and O–H groups in total. The molecule has 0 spiro atoms. The molecular weight excluding hydrogens is 144 g/mol. The summed E-state index contributed by atoms with van der Waals surface area (Å²) in [4.78, 5) is 0. The summed E-state index contributed by atoms with van der Waals surface area (Å²) in [6.07, 6.45) is 1.65. The number of methoxy groups -OCH3 is 1. The Morgan fingerprint density at radius 3 is 2.73 bits per heavy atom. The zero-order valence-corrected chi connectivity index (χ0v) is 6.37. The van der Waals surface area contributed by atoms with E-state index >= 15 is 0 Å². The lowest BCUT2D eigenvalue weighted by molar-refractivity contribution is -0.211. The molecule has 0 amide bonds. The Morgan fingerprint density at radius 1 is 1.55 bits per heavy atom. The van der Waals surface area contributed by atoms with Gasteiger partial charge in [-0.2, -0.15) is 0 Å². The van der Waals surface area contributed by atoms with E-state index in [1.807, 2.05) is 12.1 Å². The van der Waals surface area contributed by atoms with Crippen molar-refractivity contribution in [3.05, 3.63) is 24.2 Å². The molecule has 11 heavy (non-hydrogen) atoms. The minimum Gasteiger partial charge on any atom is -0.466 e. The average molecular weight is 154 g/mol. The Balaban J connectivity index is 2.25. The van der Waals surface area contributed by atoms with Crippen LogP contribution >= 0.6 is 0 Å². The maximum Gasteiger partial charge on any atom is 0.171 e. The van der Waals surface area contributed by atoms with Gasteiger partial charge >= 0.3 is 0 Å². The molecule has 0 bridgehead atoms. The van der Waals surface area contributed by atoms with E-state index in [0.29, 0.717) is 13.2 Å². The zero-order valence-electron chi connectivity index (χ0n) is 6.37. The number of hydrogen-bond donors (Lipinski definition) is 0. The molecule has 0 unspecified atom stereocenters. The summed E-state index contributed by atoms with van der Waals surface area (Å²) in [5.41, 5.74) is -0.302. The highest BCUT2D eigenvalue weighted by molar-refractivity contribution is 5.12. The predicted octanol–water partition coefficient (Wildman–Crippen LogP) is 1.15. The van der Waals surface area contributed by atoms with E-state index in [4.69, 9.17) is 13.9 Å². The van der Waals surface area contributed by atoms with Crippen molar-refractivity contribution in [1.82, 2.24) is 0 Å². The van der Waals surface area contributed by atoms with E-state index in [1.54, 1.807) is 13.4 Å². The summed E-state index contributed by atoms with van der Waals surface area (Å²) in [5, 5.41) is 0. The van der Waals surface area contributed by atoms with Gasteiger partial charge in [0.15, 0.2) is 5.60 Å². The lowest BCUT2D eigenvalue weighted by atomic mass is 9.99. The van der Waals surface area contributed by atoms with Crippen LogP contribution in [0.3, 0.4) is 0 Å². The fourth-order valence-corrected chi connectivity index (χ4v) is 1.19. The minimum absolute atomic E-state index is 0.302. The number of ether oxygens (including phenoxy) is 2. The van der Waals surface area contributed by atoms with Gasteiger partial charge in [0, 0.05) is 7.11 Å². The Labute approximate surface area is 64.9 Å². The number of furan rings is 1. The molecule has 1 aliphatic heterocycles. The van der Waals surface area contributed by atoms with Crippen LogP contribution in [0.2, 0.25) is 0 Å². The highest BCUT2D eigenvalue weighted by Gasteiger charge is 2.43. The second kappa shape index (κ2) is 2.36. The first-order valence-electron chi connectivity index (χ1n) is 3.54. The molecule has 1 fully saturated rings. The SMILES string of the molecule is COC1(c2ccco2)COC1. The molecule has 3 nitrogen and oxygen atoms in total. The molecule has 2 rings (SSSR count). The van der Waals surface area contributed by atoms with Gasteiger partial charge in [0.05, 0.1) is 19.5 Å². The van der Waals surface area contributed by atoms with Gasteiger partial charge in [0.25, 0.3) is 0 Å². The average Bonchev–Trinajstić information content (AvgIpc) is 2.39. The van der Waals surface area contributed by atoms with Crippen LogP contribution < -0.4 is 0 Å². The molecule has 1 aliphatic rings. The first kappa shape index (κ1) is 6.88. The minimum atomic E-state index is -0.302. The second-order valence-electron chi connectivity index (χ2n) is 2.67. The summed E-state index contributed by atoms with van der Waals surface area (Å²) < 4.78 is 15.6. The highest BCUT2D eigenvalue weighted by atomic mass is 16.6. The molecule has 2 heterocycles. The van der Waals surface area contributed by atoms with Crippen molar-refractivity contribution in [3.63, 3.8) is 0 Å². The van der Waals surface area contributed by atoms with E-state index in [2.05, 4.69) is 0 Å². The van der Waals surface area contributed by atoms with Crippen molar-refractivity contribution >= 4 is 0 Å².